The van der Waals surface area contributed by atoms with Crippen molar-refractivity contribution in [3.63, 3.8) is 0 Å². The molecule has 2 aliphatic heterocycles. The predicted molar refractivity (Wildman–Crippen MR) is 135 cm³/mol. The molecular formula is C27H35N5O3. The monoisotopic (exact) mass is 477 g/mol. The number of carbonyl (C=O) groups is 1. The van der Waals surface area contributed by atoms with Crippen LogP contribution in [0.4, 0.5) is 0 Å². The number of piperidine rings is 2. The van der Waals surface area contributed by atoms with E-state index in [1.165, 1.54) is 6.33 Å². The summed E-state index contributed by atoms with van der Waals surface area (Å²) in [7, 11) is 0. The van der Waals surface area contributed by atoms with Crippen molar-refractivity contribution >= 4 is 16.8 Å². The molecule has 0 bridgehead atoms. The molecule has 2 fully saturated rings. The molecule has 2 aromatic heterocycles. The molecule has 3 aromatic rings. The number of fused-ring (bicyclic) bond motifs is 1. The fourth-order valence-corrected chi connectivity index (χ4v) is 5.17. The average Bonchev–Trinajstić information content (AvgIpc) is 3.23. The van der Waals surface area contributed by atoms with Gasteiger partial charge in [0, 0.05) is 37.6 Å². The van der Waals surface area contributed by atoms with Gasteiger partial charge in [0.05, 0.1) is 29.2 Å². The Labute approximate surface area is 206 Å². The van der Waals surface area contributed by atoms with Crippen LogP contribution in [0.1, 0.15) is 56.9 Å². The first kappa shape index (κ1) is 23.8. The molecule has 5 rings (SSSR count). The molecule has 0 radical (unpaired) electrons. The lowest BCUT2D eigenvalue weighted by molar-refractivity contribution is -0.00224. The number of aromatic nitrogens is 3. The van der Waals surface area contributed by atoms with Crippen LogP contribution in [-0.4, -0.2) is 79.3 Å². The zero-order valence-corrected chi connectivity index (χ0v) is 20.9. The summed E-state index contributed by atoms with van der Waals surface area (Å²) in [4.78, 5) is 26.3. The number of rotatable bonds is 5. The maximum atomic E-state index is 13.6. The Morgan fingerprint density at radius 2 is 1.77 bits per heavy atom. The Bertz CT molecular complexity index is 1170. The van der Waals surface area contributed by atoms with Gasteiger partial charge in [0.25, 0.3) is 5.91 Å². The Balaban J connectivity index is 1.43. The van der Waals surface area contributed by atoms with E-state index in [0.29, 0.717) is 37.7 Å². The number of hydrogen-bond acceptors (Lipinski definition) is 6. The topological polar surface area (TPSA) is 83.7 Å². The van der Waals surface area contributed by atoms with Crippen molar-refractivity contribution < 1.29 is 14.6 Å². The Morgan fingerprint density at radius 3 is 2.43 bits per heavy atom. The van der Waals surface area contributed by atoms with E-state index >= 15 is 0 Å². The quantitative estimate of drug-likeness (QED) is 0.604. The minimum absolute atomic E-state index is 0.0518. The average molecular weight is 478 g/mol. The molecule has 0 saturated carbocycles. The molecule has 8 nitrogen and oxygen atoms in total. The standard InChI is InChI=1S/C27H35N5O3/c1-19(2)30-10-6-22(7-11-30)35-23-4-5-24-20(14-23)15-25(32(24)21-16-28-18-29-17-21)26(33)31-12-8-27(3,34)9-13-31/h4-5,14-19,22,34H,6-13H2,1-3H3. The van der Waals surface area contributed by atoms with Crippen molar-refractivity contribution in [1.82, 2.24) is 24.3 Å². The van der Waals surface area contributed by atoms with E-state index in [4.69, 9.17) is 4.74 Å². The SMILES string of the molecule is CC(C)N1CCC(Oc2ccc3c(c2)cc(C(=O)N2CCC(C)(O)CC2)n3-c2cncnc2)CC1. The first-order valence-electron chi connectivity index (χ1n) is 12.6. The highest BCUT2D eigenvalue weighted by atomic mass is 16.5. The van der Waals surface area contributed by atoms with Crippen molar-refractivity contribution in [2.75, 3.05) is 26.2 Å². The molecule has 8 heteroatoms. The van der Waals surface area contributed by atoms with E-state index < -0.39 is 5.60 Å². The molecule has 0 aliphatic carbocycles. The normalized spacial score (nSPS) is 19.4. The van der Waals surface area contributed by atoms with Crippen molar-refractivity contribution in [2.45, 2.75) is 64.2 Å². The summed E-state index contributed by atoms with van der Waals surface area (Å²) >= 11 is 0. The summed E-state index contributed by atoms with van der Waals surface area (Å²) < 4.78 is 8.29. The van der Waals surface area contributed by atoms with Crippen LogP contribution in [0.25, 0.3) is 16.6 Å². The van der Waals surface area contributed by atoms with E-state index in [1.54, 1.807) is 12.4 Å². The Morgan fingerprint density at radius 1 is 1.09 bits per heavy atom. The molecule has 35 heavy (non-hydrogen) atoms. The van der Waals surface area contributed by atoms with Crippen LogP contribution in [0.5, 0.6) is 5.75 Å². The largest absolute Gasteiger partial charge is 0.490 e. The molecule has 0 unspecified atom stereocenters. The molecule has 1 amide bonds. The lowest BCUT2D eigenvalue weighted by Gasteiger charge is -2.35. The summed E-state index contributed by atoms with van der Waals surface area (Å²) in [6.07, 6.45) is 8.30. The Hall–Kier alpha value is -2.97. The van der Waals surface area contributed by atoms with Gasteiger partial charge in [0.15, 0.2) is 0 Å². The molecule has 2 saturated heterocycles. The van der Waals surface area contributed by atoms with Gasteiger partial charge in [-0.05, 0) is 70.7 Å². The third kappa shape index (κ3) is 5.04. The number of nitrogens with zero attached hydrogens (tertiary/aromatic N) is 5. The van der Waals surface area contributed by atoms with Gasteiger partial charge in [-0.15, -0.1) is 0 Å². The lowest BCUT2D eigenvalue weighted by atomic mass is 9.94. The summed E-state index contributed by atoms with van der Waals surface area (Å²) in [6, 6.07) is 8.53. The van der Waals surface area contributed by atoms with Gasteiger partial charge >= 0.3 is 0 Å². The summed E-state index contributed by atoms with van der Waals surface area (Å²) in [5.74, 6) is 0.777. The zero-order chi connectivity index (χ0) is 24.6. The fraction of sp³-hybridized carbons (Fsp3) is 0.519. The van der Waals surface area contributed by atoms with E-state index in [2.05, 4.69) is 28.7 Å². The van der Waals surface area contributed by atoms with Gasteiger partial charge < -0.3 is 24.2 Å². The highest BCUT2D eigenvalue weighted by Crippen LogP contribution is 2.31. The van der Waals surface area contributed by atoms with Crippen molar-refractivity contribution in [2.24, 2.45) is 0 Å². The van der Waals surface area contributed by atoms with Gasteiger partial charge in [-0.1, -0.05) is 0 Å². The van der Waals surface area contributed by atoms with Crippen LogP contribution >= 0.6 is 0 Å². The molecular weight excluding hydrogens is 442 g/mol. The fourth-order valence-electron chi connectivity index (χ4n) is 5.17. The molecule has 1 aromatic carbocycles. The van der Waals surface area contributed by atoms with Gasteiger partial charge in [-0.25, -0.2) is 9.97 Å². The van der Waals surface area contributed by atoms with Gasteiger partial charge in [-0.2, -0.15) is 0 Å². The first-order valence-corrected chi connectivity index (χ1v) is 12.6. The van der Waals surface area contributed by atoms with Crippen LogP contribution in [-0.2, 0) is 0 Å². The maximum absolute atomic E-state index is 13.6. The molecule has 186 valence electrons. The van der Waals surface area contributed by atoms with E-state index in [9.17, 15) is 9.90 Å². The third-order valence-electron chi connectivity index (χ3n) is 7.43. The Kier molecular flexibility index (Phi) is 6.51. The number of amides is 1. The van der Waals surface area contributed by atoms with Crippen LogP contribution in [0.2, 0.25) is 0 Å². The van der Waals surface area contributed by atoms with Crippen molar-refractivity contribution in [3.8, 4) is 11.4 Å². The highest BCUT2D eigenvalue weighted by Gasteiger charge is 2.32. The molecule has 2 aliphatic rings. The van der Waals surface area contributed by atoms with Crippen LogP contribution in [0.15, 0.2) is 43.0 Å². The third-order valence-corrected chi connectivity index (χ3v) is 7.43. The van der Waals surface area contributed by atoms with Crippen LogP contribution in [0, 0.1) is 0 Å². The maximum Gasteiger partial charge on any atom is 0.270 e. The highest BCUT2D eigenvalue weighted by molar-refractivity contribution is 6.00. The van der Waals surface area contributed by atoms with Gasteiger partial charge in [0.1, 0.15) is 23.9 Å². The predicted octanol–water partition coefficient (Wildman–Crippen LogP) is 3.66. The number of carbonyl (C=O) groups excluding carboxylic acids is 1. The second-order valence-electron chi connectivity index (χ2n) is 10.4. The first-order chi connectivity index (χ1) is 16.8. The minimum atomic E-state index is -0.714. The van der Waals surface area contributed by atoms with Crippen LogP contribution in [0.3, 0.4) is 0 Å². The zero-order valence-electron chi connectivity index (χ0n) is 20.9. The number of hydrogen-bond donors (Lipinski definition) is 1. The van der Waals surface area contributed by atoms with Crippen LogP contribution < -0.4 is 4.74 Å². The van der Waals surface area contributed by atoms with E-state index in [1.807, 2.05) is 40.7 Å². The lowest BCUT2D eigenvalue weighted by Crippen LogP contribution is -2.45. The smallest absolute Gasteiger partial charge is 0.270 e. The number of likely N-dealkylation sites (tertiary alicyclic amines) is 2. The van der Waals surface area contributed by atoms with Gasteiger partial charge in [-0.3, -0.25) is 4.79 Å². The summed E-state index contributed by atoms with van der Waals surface area (Å²) in [5.41, 5.74) is 1.51. The van der Waals surface area contributed by atoms with Gasteiger partial charge in [0.2, 0.25) is 0 Å². The molecule has 4 heterocycles. The number of ether oxygens (including phenoxy) is 1. The second-order valence-corrected chi connectivity index (χ2v) is 10.4. The second kappa shape index (κ2) is 9.59. The summed E-state index contributed by atoms with van der Waals surface area (Å²) in [6.45, 7) is 9.48. The molecule has 1 N–H and O–H groups in total. The van der Waals surface area contributed by atoms with Crippen molar-refractivity contribution in [1.29, 1.82) is 0 Å². The van der Waals surface area contributed by atoms with Crippen molar-refractivity contribution in [3.05, 3.63) is 48.7 Å². The number of aliphatic hydroxyl groups is 1. The van der Waals surface area contributed by atoms with E-state index in [0.717, 1.165) is 48.3 Å². The molecule has 0 spiro atoms. The molecule has 0 atom stereocenters. The van der Waals surface area contributed by atoms with E-state index in [-0.39, 0.29) is 12.0 Å². The number of benzene rings is 1. The summed E-state index contributed by atoms with van der Waals surface area (Å²) in [5, 5.41) is 11.3. The minimum Gasteiger partial charge on any atom is -0.490 e.